The molecule has 4 rings (SSSR count). The highest BCUT2D eigenvalue weighted by molar-refractivity contribution is 6.39. The minimum Gasteiger partial charge on any atom is -0.390 e. The van der Waals surface area contributed by atoms with E-state index in [0.717, 1.165) is 33.8 Å². The maximum atomic E-state index is 10.5. The molecule has 0 radical (unpaired) electrons. The fraction of sp³-hybridized carbons (Fsp3) is 0.0556. The smallest absolute Gasteiger partial charge is 0.166 e. The van der Waals surface area contributed by atoms with Crippen LogP contribution in [0.4, 0.5) is 0 Å². The SMILES string of the molecule is O=Cc1cc2cc(Cl)cc(Cl)c2[nH]1.OCc1cc2cc(Cl)cc(Cl)c2[nH]1. The standard InChI is InChI=1S/C9H7Cl2NO.C9H5Cl2NO/c2*10-6-1-5-2-7(4-13)12-9(5)8(11)3-6/h1-3,12-13H,4H2;1-4,12H. The van der Waals surface area contributed by atoms with Crippen LogP contribution in [0.15, 0.2) is 36.4 Å². The molecular formula is C18H12Cl4N2O2. The Kier molecular flexibility index (Phi) is 5.80. The van der Waals surface area contributed by atoms with Crippen molar-refractivity contribution < 1.29 is 9.90 Å². The first-order valence-electron chi connectivity index (χ1n) is 7.41. The summed E-state index contributed by atoms with van der Waals surface area (Å²) >= 11 is 23.4. The summed E-state index contributed by atoms with van der Waals surface area (Å²) in [6, 6.07) is 10.4. The zero-order valence-electron chi connectivity index (χ0n) is 13.1. The summed E-state index contributed by atoms with van der Waals surface area (Å²) in [5.74, 6) is 0. The van der Waals surface area contributed by atoms with Crippen molar-refractivity contribution in [3.05, 3.63) is 67.9 Å². The highest BCUT2D eigenvalue weighted by Gasteiger charge is 2.05. The van der Waals surface area contributed by atoms with E-state index in [1.165, 1.54) is 0 Å². The molecule has 134 valence electrons. The van der Waals surface area contributed by atoms with Crippen LogP contribution < -0.4 is 0 Å². The van der Waals surface area contributed by atoms with Gasteiger partial charge in [-0.1, -0.05) is 46.4 Å². The van der Waals surface area contributed by atoms with Gasteiger partial charge in [0.2, 0.25) is 0 Å². The molecule has 0 aliphatic rings. The van der Waals surface area contributed by atoms with Gasteiger partial charge in [0.1, 0.15) is 0 Å². The van der Waals surface area contributed by atoms with Crippen molar-refractivity contribution >= 4 is 74.5 Å². The van der Waals surface area contributed by atoms with Gasteiger partial charge in [-0.05, 0) is 36.4 Å². The van der Waals surface area contributed by atoms with E-state index in [4.69, 9.17) is 51.5 Å². The zero-order valence-corrected chi connectivity index (χ0v) is 16.1. The Balaban J connectivity index is 0.000000151. The van der Waals surface area contributed by atoms with Gasteiger partial charge >= 0.3 is 0 Å². The van der Waals surface area contributed by atoms with Crippen molar-refractivity contribution in [3.63, 3.8) is 0 Å². The number of aromatic amines is 2. The van der Waals surface area contributed by atoms with E-state index in [0.29, 0.717) is 25.8 Å². The van der Waals surface area contributed by atoms with Crippen LogP contribution in [0, 0.1) is 0 Å². The largest absolute Gasteiger partial charge is 0.390 e. The Bertz CT molecular complexity index is 1100. The second-order valence-corrected chi connectivity index (χ2v) is 7.19. The molecule has 4 nitrogen and oxygen atoms in total. The van der Waals surface area contributed by atoms with Gasteiger partial charge in [0.25, 0.3) is 0 Å². The molecule has 2 heterocycles. The van der Waals surface area contributed by atoms with E-state index in [9.17, 15) is 4.79 Å². The molecule has 0 aliphatic heterocycles. The average Bonchev–Trinajstić information content (AvgIpc) is 3.19. The van der Waals surface area contributed by atoms with Crippen LogP contribution in [0.2, 0.25) is 20.1 Å². The van der Waals surface area contributed by atoms with Crippen LogP contribution in [-0.2, 0) is 6.61 Å². The second-order valence-electron chi connectivity index (χ2n) is 5.50. The molecular weight excluding hydrogens is 418 g/mol. The van der Waals surface area contributed by atoms with E-state index >= 15 is 0 Å². The van der Waals surface area contributed by atoms with E-state index < -0.39 is 0 Å². The monoisotopic (exact) mass is 428 g/mol. The lowest BCUT2D eigenvalue weighted by Gasteiger charge is -1.94. The molecule has 2 aromatic heterocycles. The molecule has 3 N–H and O–H groups in total. The number of carbonyl (C=O) groups is 1. The molecule has 2 aromatic carbocycles. The summed E-state index contributed by atoms with van der Waals surface area (Å²) in [4.78, 5) is 16.3. The lowest BCUT2D eigenvalue weighted by Crippen LogP contribution is -1.79. The molecule has 0 unspecified atom stereocenters. The number of aromatic nitrogens is 2. The van der Waals surface area contributed by atoms with Gasteiger partial charge in [0.15, 0.2) is 6.29 Å². The average molecular weight is 430 g/mol. The predicted molar refractivity (Wildman–Crippen MR) is 108 cm³/mol. The summed E-state index contributed by atoms with van der Waals surface area (Å²) < 4.78 is 0. The van der Waals surface area contributed by atoms with Gasteiger partial charge in [-0.25, -0.2) is 0 Å². The van der Waals surface area contributed by atoms with Gasteiger partial charge in [-0.2, -0.15) is 0 Å². The fourth-order valence-electron chi connectivity index (χ4n) is 2.56. The minimum atomic E-state index is -0.0252. The molecule has 4 aromatic rings. The molecule has 0 amide bonds. The Morgan fingerprint density at radius 1 is 0.808 bits per heavy atom. The lowest BCUT2D eigenvalue weighted by molar-refractivity contribution is 0.112. The zero-order chi connectivity index (χ0) is 18.8. The van der Waals surface area contributed by atoms with Crippen LogP contribution in [0.25, 0.3) is 21.8 Å². The summed E-state index contributed by atoms with van der Waals surface area (Å²) in [5.41, 5.74) is 2.79. The molecule has 0 aliphatic carbocycles. The highest BCUT2D eigenvalue weighted by Crippen LogP contribution is 2.28. The Morgan fingerprint density at radius 3 is 1.88 bits per heavy atom. The van der Waals surface area contributed by atoms with E-state index in [1.54, 1.807) is 30.3 Å². The minimum absolute atomic E-state index is 0.0252. The van der Waals surface area contributed by atoms with Crippen molar-refractivity contribution in [1.82, 2.24) is 9.97 Å². The molecule has 0 fully saturated rings. The van der Waals surface area contributed by atoms with Crippen molar-refractivity contribution in [1.29, 1.82) is 0 Å². The quantitative estimate of drug-likeness (QED) is 0.329. The predicted octanol–water partition coefficient (Wildman–Crippen LogP) is 6.25. The summed E-state index contributed by atoms with van der Waals surface area (Å²) in [6.45, 7) is -0.0252. The topological polar surface area (TPSA) is 68.9 Å². The number of aliphatic hydroxyl groups is 1. The maximum absolute atomic E-state index is 10.5. The fourth-order valence-corrected chi connectivity index (χ4v) is 3.67. The van der Waals surface area contributed by atoms with E-state index in [1.807, 2.05) is 6.07 Å². The number of benzene rings is 2. The molecule has 8 heteroatoms. The van der Waals surface area contributed by atoms with E-state index in [2.05, 4.69) is 9.97 Å². The van der Waals surface area contributed by atoms with Crippen LogP contribution >= 0.6 is 46.4 Å². The van der Waals surface area contributed by atoms with Crippen LogP contribution in [0.5, 0.6) is 0 Å². The number of nitrogens with one attached hydrogen (secondary N) is 2. The molecule has 0 atom stereocenters. The first-order chi connectivity index (χ1) is 12.4. The number of rotatable bonds is 2. The van der Waals surface area contributed by atoms with Gasteiger partial charge in [0, 0.05) is 26.5 Å². The summed E-state index contributed by atoms with van der Waals surface area (Å²) in [7, 11) is 0. The van der Waals surface area contributed by atoms with Crippen LogP contribution in [-0.4, -0.2) is 21.4 Å². The summed E-state index contributed by atoms with van der Waals surface area (Å²) in [6.07, 6.45) is 0.740. The molecule has 0 spiro atoms. The molecule has 0 bridgehead atoms. The number of fused-ring (bicyclic) bond motifs is 2. The van der Waals surface area contributed by atoms with Crippen molar-refractivity contribution in [2.24, 2.45) is 0 Å². The third-order valence-electron chi connectivity index (χ3n) is 3.66. The highest BCUT2D eigenvalue weighted by atomic mass is 35.5. The van der Waals surface area contributed by atoms with Crippen molar-refractivity contribution in [2.45, 2.75) is 6.61 Å². The van der Waals surface area contributed by atoms with Gasteiger partial charge < -0.3 is 15.1 Å². The van der Waals surface area contributed by atoms with Crippen LogP contribution in [0.1, 0.15) is 16.2 Å². The van der Waals surface area contributed by atoms with Crippen LogP contribution in [0.3, 0.4) is 0 Å². The van der Waals surface area contributed by atoms with Gasteiger partial charge in [0.05, 0.1) is 33.4 Å². The number of aliphatic hydroxyl groups excluding tert-OH is 1. The molecule has 0 saturated carbocycles. The Morgan fingerprint density at radius 2 is 1.35 bits per heavy atom. The number of halogens is 4. The number of carbonyl (C=O) groups excluding carboxylic acids is 1. The Hall–Kier alpha value is -1.69. The van der Waals surface area contributed by atoms with E-state index in [-0.39, 0.29) is 6.61 Å². The maximum Gasteiger partial charge on any atom is 0.166 e. The van der Waals surface area contributed by atoms with Crippen molar-refractivity contribution in [2.75, 3.05) is 0 Å². The number of aldehydes is 1. The molecule has 0 saturated heterocycles. The Labute approximate surface area is 168 Å². The lowest BCUT2D eigenvalue weighted by atomic mass is 10.2. The third kappa shape index (κ3) is 4.00. The second kappa shape index (κ2) is 7.91. The van der Waals surface area contributed by atoms with Gasteiger partial charge in [-0.3, -0.25) is 4.79 Å². The first-order valence-corrected chi connectivity index (χ1v) is 8.93. The third-order valence-corrected chi connectivity index (χ3v) is 4.70. The van der Waals surface area contributed by atoms with Crippen molar-refractivity contribution in [3.8, 4) is 0 Å². The summed E-state index contributed by atoms with van der Waals surface area (Å²) in [5, 5.41) is 12.9. The molecule has 26 heavy (non-hydrogen) atoms. The first kappa shape index (κ1) is 19.1. The van der Waals surface area contributed by atoms with Gasteiger partial charge in [-0.15, -0.1) is 0 Å². The number of hydrogen-bond acceptors (Lipinski definition) is 2. The normalized spacial score (nSPS) is 10.8. The number of H-pyrrole nitrogens is 2. The number of hydrogen-bond donors (Lipinski definition) is 3.